The zero-order chi connectivity index (χ0) is 15.6. The van der Waals surface area contributed by atoms with E-state index in [4.69, 9.17) is 28.3 Å². The van der Waals surface area contributed by atoms with Gasteiger partial charge < -0.3 is 10.0 Å². The first kappa shape index (κ1) is 16.3. The lowest BCUT2D eigenvalue weighted by atomic mass is 10.2. The Morgan fingerprint density at radius 3 is 2.90 bits per heavy atom. The molecule has 116 valence electrons. The Hall–Kier alpha value is -1.09. The molecule has 2 atom stereocenters. The lowest BCUT2D eigenvalue weighted by Gasteiger charge is -2.28. The van der Waals surface area contributed by atoms with Gasteiger partial charge in [0.05, 0.1) is 23.3 Å². The number of amides is 1. The van der Waals surface area contributed by atoms with Crippen LogP contribution in [0, 0.1) is 0 Å². The Bertz CT molecular complexity index is 574. The molecule has 1 aliphatic rings. The number of likely N-dealkylation sites (tertiary alicyclic amines) is 1. The summed E-state index contributed by atoms with van der Waals surface area (Å²) in [6.45, 7) is 0.449. The molecule has 1 saturated heterocycles. The van der Waals surface area contributed by atoms with Crippen molar-refractivity contribution in [2.24, 2.45) is 0 Å². The van der Waals surface area contributed by atoms with Gasteiger partial charge in [-0.15, -0.1) is 0 Å². The fraction of sp³-hybridized carbons (Fsp3) is 0.455. The maximum Gasteiger partial charge on any atom is 0.407 e. The van der Waals surface area contributed by atoms with Gasteiger partial charge in [-0.3, -0.25) is 8.86 Å². The first-order chi connectivity index (χ1) is 9.90. The predicted molar refractivity (Wildman–Crippen MR) is 80.1 cm³/mol. The fourth-order valence-electron chi connectivity index (χ4n) is 2.30. The van der Waals surface area contributed by atoms with E-state index in [0.29, 0.717) is 19.4 Å². The maximum absolute atomic E-state index is 11.6. The molecule has 0 spiro atoms. The molecule has 1 aromatic rings. The molecule has 21 heavy (non-hydrogen) atoms. The molecule has 10 heteroatoms. The number of anilines is 1. The highest BCUT2D eigenvalue weighted by atomic mass is 35.5. The second kappa shape index (κ2) is 6.78. The number of aromatic nitrogens is 1. The summed E-state index contributed by atoms with van der Waals surface area (Å²) in [5.41, 5.74) is 0.197. The second-order valence-corrected chi connectivity index (χ2v) is 6.22. The maximum atomic E-state index is 11.6. The zero-order valence-electron chi connectivity index (χ0n) is 10.8. The summed E-state index contributed by atoms with van der Waals surface area (Å²) in [6, 6.07) is 1.04. The van der Waals surface area contributed by atoms with E-state index in [1.165, 1.54) is 17.2 Å². The quantitative estimate of drug-likeness (QED) is 0.640. The largest absolute Gasteiger partial charge is 0.465 e. The molecule has 0 bridgehead atoms. The molecule has 0 aromatic carbocycles. The second-order valence-electron chi connectivity index (χ2n) is 4.53. The number of halogens is 2. The first-order valence-corrected chi connectivity index (χ1v) is 7.91. The van der Waals surface area contributed by atoms with E-state index >= 15 is 0 Å². The number of hydrogen-bond acceptors (Lipinski definition) is 3. The Morgan fingerprint density at radius 1 is 1.57 bits per heavy atom. The van der Waals surface area contributed by atoms with Gasteiger partial charge in [0, 0.05) is 12.7 Å². The van der Waals surface area contributed by atoms with E-state index in [1.807, 2.05) is 0 Å². The summed E-state index contributed by atoms with van der Waals surface area (Å²) in [5.74, 6) is 0. The molecule has 1 unspecified atom stereocenters. The standard InChI is InChI=1S/C11H13Cl2N3O4S/c12-7-4-9(10(13)14-5-7)16(21(19)20)6-8-2-1-3-15(8)11(17)18/h4-5,8H,1-3,6H2,(H,17,18)(H,19,20)/t8-/m0/s1. The van der Waals surface area contributed by atoms with E-state index in [9.17, 15) is 13.6 Å². The van der Waals surface area contributed by atoms with Crippen LogP contribution in [0.2, 0.25) is 10.2 Å². The minimum absolute atomic E-state index is 0.0293. The van der Waals surface area contributed by atoms with Crippen LogP contribution in [0.4, 0.5) is 10.5 Å². The monoisotopic (exact) mass is 353 g/mol. The smallest absolute Gasteiger partial charge is 0.407 e. The van der Waals surface area contributed by atoms with E-state index in [0.717, 1.165) is 4.31 Å². The Labute approximate surface area is 133 Å². The van der Waals surface area contributed by atoms with E-state index in [2.05, 4.69) is 4.98 Å². The SMILES string of the molecule is O=C(O)N1CCC[C@H]1CN(c1cc(Cl)cnc1Cl)S(=O)O. The van der Waals surface area contributed by atoms with Gasteiger partial charge in [-0.05, 0) is 18.9 Å². The van der Waals surface area contributed by atoms with Crippen LogP contribution in [0.1, 0.15) is 12.8 Å². The minimum Gasteiger partial charge on any atom is -0.465 e. The van der Waals surface area contributed by atoms with Crippen LogP contribution in [0.15, 0.2) is 12.3 Å². The third-order valence-corrected chi connectivity index (χ3v) is 4.46. The van der Waals surface area contributed by atoms with Crippen molar-refractivity contribution in [3.63, 3.8) is 0 Å². The van der Waals surface area contributed by atoms with Crippen LogP contribution in [0.3, 0.4) is 0 Å². The van der Waals surface area contributed by atoms with Crippen molar-refractivity contribution in [2.75, 3.05) is 17.4 Å². The number of hydrogen-bond donors (Lipinski definition) is 2. The third kappa shape index (κ3) is 3.76. The van der Waals surface area contributed by atoms with Crippen molar-refractivity contribution in [3.8, 4) is 0 Å². The van der Waals surface area contributed by atoms with Crippen molar-refractivity contribution in [1.82, 2.24) is 9.88 Å². The van der Waals surface area contributed by atoms with Gasteiger partial charge in [-0.1, -0.05) is 23.2 Å². The lowest BCUT2D eigenvalue weighted by molar-refractivity contribution is 0.141. The van der Waals surface area contributed by atoms with Gasteiger partial charge in [-0.25, -0.2) is 14.0 Å². The molecular formula is C11H13Cl2N3O4S. The fourth-order valence-corrected chi connectivity index (χ4v) is 3.32. The molecule has 2 rings (SSSR count). The van der Waals surface area contributed by atoms with Gasteiger partial charge in [0.2, 0.25) is 0 Å². The molecule has 0 radical (unpaired) electrons. The van der Waals surface area contributed by atoms with Crippen LogP contribution < -0.4 is 4.31 Å². The van der Waals surface area contributed by atoms with Crippen LogP contribution in [-0.4, -0.2) is 49.0 Å². The normalized spacial score (nSPS) is 19.6. The molecule has 1 amide bonds. The minimum atomic E-state index is -2.37. The molecule has 2 heterocycles. The van der Waals surface area contributed by atoms with Gasteiger partial charge >= 0.3 is 6.09 Å². The average molecular weight is 354 g/mol. The predicted octanol–water partition coefficient (Wildman–Crippen LogP) is 2.47. The highest BCUT2D eigenvalue weighted by Crippen LogP contribution is 2.29. The molecule has 0 saturated carbocycles. The molecular weight excluding hydrogens is 341 g/mol. The Kier molecular flexibility index (Phi) is 5.26. The van der Waals surface area contributed by atoms with Crippen molar-refractivity contribution in [2.45, 2.75) is 18.9 Å². The number of carbonyl (C=O) groups is 1. The van der Waals surface area contributed by atoms with Crippen molar-refractivity contribution in [3.05, 3.63) is 22.4 Å². The van der Waals surface area contributed by atoms with Gasteiger partial charge in [-0.2, -0.15) is 0 Å². The summed E-state index contributed by atoms with van der Waals surface area (Å²) in [5, 5.41) is 9.41. The zero-order valence-corrected chi connectivity index (χ0v) is 13.1. The third-order valence-electron chi connectivity index (χ3n) is 3.24. The first-order valence-electron chi connectivity index (χ1n) is 6.09. The van der Waals surface area contributed by atoms with Crippen molar-refractivity contribution >= 4 is 46.2 Å². The Morgan fingerprint density at radius 2 is 2.29 bits per heavy atom. The average Bonchev–Trinajstić information content (AvgIpc) is 2.87. The number of rotatable bonds is 4. The van der Waals surface area contributed by atoms with E-state index < -0.39 is 17.4 Å². The van der Waals surface area contributed by atoms with E-state index in [-0.39, 0.29) is 28.4 Å². The molecule has 0 aliphatic carbocycles. The van der Waals surface area contributed by atoms with E-state index in [1.54, 1.807) is 0 Å². The summed E-state index contributed by atoms with van der Waals surface area (Å²) in [7, 11) is 0. The molecule has 2 N–H and O–H groups in total. The summed E-state index contributed by atoms with van der Waals surface area (Å²) < 4.78 is 22.1. The van der Waals surface area contributed by atoms with Crippen LogP contribution in [-0.2, 0) is 11.3 Å². The summed E-state index contributed by atoms with van der Waals surface area (Å²) in [4.78, 5) is 16.2. The molecule has 1 aliphatic heterocycles. The van der Waals surface area contributed by atoms with Crippen LogP contribution >= 0.6 is 23.2 Å². The van der Waals surface area contributed by atoms with Gasteiger partial charge in [0.25, 0.3) is 11.3 Å². The number of nitrogens with zero attached hydrogens (tertiary/aromatic N) is 3. The van der Waals surface area contributed by atoms with Crippen LogP contribution in [0.25, 0.3) is 0 Å². The highest BCUT2D eigenvalue weighted by molar-refractivity contribution is 7.80. The van der Waals surface area contributed by atoms with Gasteiger partial charge in [0.15, 0.2) is 5.15 Å². The molecule has 1 fully saturated rings. The number of carboxylic acid groups (broad SMARTS) is 1. The molecule has 1 aromatic heterocycles. The highest BCUT2D eigenvalue weighted by Gasteiger charge is 2.32. The number of pyridine rings is 1. The Balaban J connectivity index is 2.26. The summed E-state index contributed by atoms with van der Waals surface area (Å²) in [6.07, 6.45) is 1.61. The van der Waals surface area contributed by atoms with Crippen molar-refractivity contribution < 1.29 is 18.7 Å². The lowest BCUT2D eigenvalue weighted by Crippen LogP contribution is -2.43. The topological polar surface area (TPSA) is 94.0 Å². The summed E-state index contributed by atoms with van der Waals surface area (Å²) >= 11 is 9.39. The van der Waals surface area contributed by atoms with Gasteiger partial charge in [0.1, 0.15) is 0 Å². The molecule has 7 nitrogen and oxygen atoms in total. The van der Waals surface area contributed by atoms with Crippen LogP contribution in [0.5, 0.6) is 0 Å². The van der Waals surface area contributed by atoms with Crippen molar-refractivity contribution in [1.29, 1.82) is 0 Å².